The first-order valence-corrected chi connectivity index (χ1v) is 11.6. The van der Waals surface area contributed by atoms with E-state index in [1.807, 2.05) is 12.1 Å². The predicted molar refractivity (Wildman–Crippen MR) is 128 cm³/mol. The third-order valence-electron chi connectivity index (χ3n) is 5.50. The number of Topliss-reactive ketones (excluding diaryl/α,β-unsaturated/α-hetero) is 1. The van der Waals surface area contributed by atoms with Crippen LogP contribution in [0.3, 0.4) is 0 Å². The molecule has 166 valence electrons. The van der Waals surface area contributed by atoms with Gasteiger partial charge in [-0.1, -0.05) is 39.7 Å². The molecule has 2 aromatic carbocycles. The van der Waals surface area contributed by atoms with Gasteiger partial charge in [0.2, 0.25) is 5.91 Å². The van der Waals surface area contributed by atoms with E-state index in [2.05, 4.69) is 43.6 Å². The summed E-state index contributed by atoms with van der Waals surface area (Å²) in [7, 11) is 0. The molecule has 2 aromatic rings. The first-order valence-electron chi connectivity index (χ1n) is 10.4. The SMILES string of the molecule is Nc1ccc(Br)cc1C(=O)CNCC(=O)NCC1CCN(Cc2ccc(Cl)cc2)CC1. The number of piperidine rings is 1. The Bertz CT molecular complexity index is 899. The van der Waals surface area contributed by atoms with E-state index in [0.29, 0.717) is 23.7 Å². The predicted octanol–water partition coefficient (Wildman–Crippen LogP) is 3.49. The van der Waals surface area contributed by atoms with Gasteiger partial charge in [0, 0.05) is 33.8 Å². The first-order chi connectivity index (χ1) is 14.9. The van der Waals surface area contributed by atoms with Gasteiger partial charge in [-0.25, -0.2) is 0 Å². The lowest BCUT2D eigenvalue weighted by Gasteiger charge is -2.32. The number of nitrogens with two attached hydrogens (primary N) is 1. The Kier molecular flexibility index (Phi) is 8.90. The summed E-state index contributed by atoms with van der Waals surface area (Å²) in [6.45, 7) is 3.80. The van der Waals surface area contributed by atoms with Crippen LogP contribution in [0.1, 0.15) is 28.8 Å². The fourth-order valence-corrected chi connectivity index (χ4v) is 4.16. The summed E-state index contributed by atoms with van der Waals surface area (Å²) in [5, 5.41) is 6.64. The van der Waals surface area contributed by atoms with Gasteiger partial charge in [0.05, 0.1) is 13.1 Å². The average Bonchev–Trinajstić information content (AvgIpc) is 2.76. The minimum absolute atomic E-state index is 0.0666. The van der Waals surface area contributed by atoms with E-state index >= 15 is 0 Å². The molecule has 0 atom stereocenters. The lowest BCUT2D eigenvalue weighted by Crippen LogP contribution is -2.41. The molecular formula is C23H28BrClN4O2. The molecule has 0 unspecified atom stereocenters. The van der Waals surface area contributed by atoms with Gasteiger partial charge in [0.15, 0.2) is 5.78 Å². The normalized spacial score (nSPS) is 15.0. The van der Waals surface area contributed by atoms with Gasteiger partial charge in [0.25, 0.3) is 0 Å². The summed E-state index contributed by atoms with van der Waals surface area (Å²) < 4.78 is 0.794. The average molecular weight is 508 g/mol. The number of ketones is 1. The molecule has 4 N–H and O–H groups in total. The summed E-state index contributed by atoms with van der Waals surface area (Å²) in [5.41, 5.74) is 8.00. The lowest BCUT2D eigenvalue weighted by atomic mass is 9.96. The smallest absolute Gasteiger partial charge is 0.233 e. The molecule has 8 heteroatoms. The van der Waals surface area contributed by atoms with Crippen LogP contribution in [0, 0.1) is 5.92 Å². The number of benzene rings is 2. The van der Waals surface area contributed by atoms with Gasteiger partial charge in [-0.05, 0) is 67.7 Å². The van der Waals surface area contributed by atoms with Crippen LogP contribution >= 0.6 is 27.5 Å². The van der Waals surface area contributed by atoms with Gasteiger partial charge in [-0.2, -0.15) is 0 Å². The highest BCUT2D eigenvalue weighted by Crippen LogP contribution is 2.20. The zero-order valence-corrected chi connectivity index (χ0v) is 19.7. The Morgan fingerprint density at radius 1 is 1.10 bits per heavy atom. The molecule has 3 rings (SSSR count). The highest BCUT2D eigenvalue weighted by Gasteiger charge is 2.20. The van der Waals surface area contributed by atoms with Crippen LogP contribution in [0.2, 0.25) is 5.02 Å². The van der Waals surface area contributed by atoms with E-state index in [1.54, 1.807) is 18.2 Å². The van der Waals surface area contributed by atoms with Gasteiger partial charge < -0.3 is 16.4 Å². The van der Waals surface area contributed by atoms with E-state index in [0.717, 1.165) is 42.0 Å². The number of nitrogens with zero attached hydrogens (tertiary/aromatic N) is 1. The minimum atomic E-state index is -0.139. The van der Waals surface area contributed by atoms with Crippen LogP contribution < -0.4 is 16.4 Å². The molecule has 0 bridgehead atoms. The van der Waals surface area contributed by atoms with Crippen LogP contribution in [0.15, 0.2) is 46.9 Å². The molecule has 1 aliphatic rings. The van der Waals surface area contributed by atoms with E-state index in [1.165, 1.54) is 5.56 Å². The van der Waals surface area contributed by atoms with Crippen LogP contribution in [-0.2, 0) is 11.3 Å². The number of anilines is 1. The van der Waals surface area contributed by atoms with Crippen molar-refractivity contribution in [2.24, 2.45) is 5.92 Å². The van der Waals surface area contributed by atoms with Crippen molar-refractivity contribution in [2.45, 2.75) is 19.4 Å². The molecule has 31 heavy (non-hydrogen) atoms. The van der Waals surface area contributed by atoms with Crippen LogP contribution in [0.25, 0.3) is 0 Å². The van der Waals surface area contributed by atoms with Crippen molar-refractivity contribution in [3.63, 3.8) is 0 Å². The Morgan fingerprint density at radius 3 is 2.52 bits per heavy atom. The van der Waals surface area contributed by atoms with Crippen LogP contribution in [0.4, 0.5) is 5.69 Å². The van der Waals surface area contributed by atoms with Crippen LogP contribution in [0.5, 0.6) is 0 Å². The number of hydrogen-bond donors (Lipinski definition) is 3. The molecule has 1 aliphatic heterocycles. The van der Waals surface area contributed by atoms with Crippen molar-refractivity contribution < 1.29 is 9.59 Å². The summed E-state index contributed by atoms with van der Waals surface area (Å²) in [4.78, 5) is 26.8. The van der Waals surface area contributed by atoms with Crippen molar-refractivity contribution in [2.75, 3.05) is 38.5 Å². The Morgan fingerprint density at radius 2 is 1.81 bits per heavy atom. The third kappa shape index (κ3) is 7.61. The summed E-state index contributed by atoms with van der Waals surface area (Å²) in [6.07, 6.45) is 2.11. The second kappa shape index (κ2) is 11.6. The summed E-state index contributed by atoms with van der Waals surface area (Å²) in [6, 6.07) is 13.1. The second-order valence-corrected chi connectivity index (χ2v) is 9.26. The number of nitrogen functional groups attached to an aromatic ring is 1. The summed E-state index contributed by atoms with van der Waals surface area (Å²) in [5.74, 6) is 0.242. The zero-order chi connectivity index (χ0) is 22.2. The Balaban J connectivity index is 1.31. The van der Waals surface area contributed by atoms with Gasteiger partial charge in [-0.15, -0.1) is 0 Å². The van der Waals surface area contributed by atoms with E-state index < -0.39 is 0 Å². The minimum Gasteiger partial charge on any atom is -0.398 e. The maximum Gasteiger partial charge on any atom is 0.233 e. The fraction of sp³-hybridized carbons (Fsp3) is 0.391. The van der Waals surface area contributed by atoms with E-state index in [-0.39, 0.29) is 24.8 Å². The molecular weight excluding hydrogens is 480 g/mol. The molecule has 0 aliphatic carbocycles. The van der Waals surface area contributed by atoms with Crippen molar-refractivity contribution in [1.82, 2.24) is 15.5 Å². The monoisotopic (exact) mass is 506 g/mol. The number of nitrogens with one attached hydrogen (secondary N) is 2. The Labute approximate surface area is 196 Å². The van der Waals surface area contributed by atoms with Crippen LogP contribution in [-0.4, -0.2) is 49.3 Å². The number of halogens is 2. The zero-order valence-electron chi connectivity index (χ0n) is 17.4. The third-order valence-corrected chi connectivity index (χ3v) is 6.25. The molecule has 0 radical (unpaired) electrons. The topological polar surface area (TPSA) is 87.5 Å². The molecule has 0 aromatic heterocycles. The molecule has 6 nitrogen and oxygen atoms in total. The van der Waals surface area contributed by atoms with E-state index in [9.17, 15) is 9.59 Å². The standard InChI is InChI=1S/C23H28BrClN4O2/c24-18-3-6-21(26)20(11-18)22(30)13-27-14-23(31)28-12-16-7-9-29(10-8-16)15-17-1-4-19(25)5-2-17/h1-6,11,16,27H,7-10,12-15,26H2,(H,28,31). The number of carbonyl (C=O) groups is 2. The van der Waals surface area contributed by atoms with Crippen molar-refractivity contribution in [3.8, 4) is 0 Å². The number of amides is 1. The maximum atomic E-state index is 12.3. The fourth-order valence-electron chi connectivity index (χ4n) is 3.67. The van der Waals surface area contributed by atoms with Gasteiger partial charge >= 0.3 is 0 Å². The van der Waals surface area contributed by atoms with Crippen molar-refractivity contribution >= 4 is 44.9 Å². The molecule has 0 spiro atoms. The van der Waals surface area contributed by atoms with Crippen molar-refractivity contribution in [3.05, 3.63) is 63.1 Å². The largest absolute Gasteiger partial charge is 0.398 e. The highest BCUT2D eigenvalue weighted by atomic mass is 79.9. The highest BCUT2D eigenvalue weighted by molar-refractivity contribution is 9.10. The first kappa shape index (κ1) is 23.7. The number of carbonyl (C=O) groups excluding carboxylic acids is 2. The molecule has 1 fully saturated rings. The number of rotatable bonds is 9. The second-order valence-electron chi connectivity index (χ2n) is 7.91. The quantitative estimate of drug-likeness (QED) is 0.357. The maximum absolute atomic E-state index is 12.3. The van der Waals surface area contributed by atoms with Gasteiger partial charge in [0.1, 0.15) is 0 Å². The van der Waals surface area contributed by atoms with Crippen molar-refractivity contribution in [1.29, 1.82) is 0 Å². The van der Waals surface area contributed by atoms with E-state index in [4.69, 9.17) is 17.3 Å². The number of hydrogen-bond acceptors (Lipinski definition) is 5. The Hall–Kier alpha value is -1.93. The molecule has 1 amide bonds. The molecule has 0 saturated carbocycles. The van der Waals surface area contributed by atoms with Gasteiger partial charge in [-0.3, -0.25) is 14.5 Å². The number of likely N-dealkylation sites (tertiary alicyclic amines) is 1. The molecule has 1 saturated heterocycles. The molecule has 1 heterocycles. The summed E-state index contributed by atoms with van der Waals surface area (Å²) >= 11 is 9.28. The lowest BCUT2D eigenvalue weighted by molar-refractivity contribution is -0.120.